The van der Waals surface area contributed by atoms with Crippen molar-refractivity contribution >= 4 is 54.1 Å². The van der Waals surface area contributed by atoms with Crippen molar-refractivity contribution in [3.8, 4) is 28.4 Å². The van der Waals surface area contributed by atoms with Gasteiger partial charge in [-0.1, -0.05) is 20.4 Å². The maximum absolute atomic E-state index is 16.5. The van der Waals surface area contributed by atoms with E-state index in [1.54, 1.807) is 48.5 Å². The Morgan fingerprint density at radius 1 is 1.00 bits per heavy atom. The van der Waals surface area contributed by atoms with E-state index in [0.717, 1.165) is 18.2 Å². The summed E-state index contributed by atoms with van der Waals surface area (Å²) in [5, 5.41) is -2.48. The van der Waals surface area contributed by atoms with Crippen molar-refractivity contribution in [3.63, 3.8) is 0 Å². The second-order valence-electron chi connectivity index (χ2n) is 13.9. The number of carbonyl (C=O) groups is 1. The van der Waals surface area contributed by atoms with Gasteiger partial charge < -0.3 is 19.3 Å². The van der Waals surface area contributed by atoms with Crippen LogP contribution in [0, 0.1) is 17.5 Å². The van der Waals surface area contributed by atoms with E-state index in [4.69, 9.17) is 9.47 Å². The molecule has 10 nitrogen and oxygen atoms in total. The van der Waals surface area contributed by atoms with E-state index in [2.05, 4.69) is 21.5 Å². The molecule has 2 aliphatic rings. The summed E-state index contributed by atoms with van der Waals surface area (Å²) in [5.41, 5.74) is -1.27. The Bertz CT molecular complexity index is 2100. The van der Waals surface area contributed by atoms with Crippen LogP contribution in [-0.4, -0.2) is 97.7 Å². The zero-order valence-electron chi connectivity index (χ0n) is 28.8. The molecule has 0 unspecified atom stereocenters. The molecule has 17 heteroatoms. The Labute approximate surface area is 285 Å². The molecule has 1 aromatic carbocycles. The molecule has 2 atom stereocenters. The monoisotopic (exact) mass is 668 g/mol. The zero-order valence-corrected chi connectivity index (χ0v) is 28.8. The highest BCUT2D eigenvalue weighted by Crippen LogP contribution is 2.42. The van der Waals surface area contributed by atoms with Crippen LogP contribution in [0.1, 0.15) is 39.3 Å². The molecule has 0 saturated carbocycles. The minimum atomic E-state index is -1.35. The van der Waals surface area contributed by atoms with E-state index in [9.17, 15) is 9.59 Å². The second-order valence-corrected chi connectivity index (χ2v) is 13.9. The summed E-state index contributed by atoms with van der Waals surface area (Å²) in [5.74, 6) is -3.58. The lowest BCUT2D eigenvalue weighted by Gasteiger charge is -2.45. The lowest BCUT2D eigenvalue weighted by Crippen LogP contribution is -2.64. The van der Waals surface area contributed by atoms with E-state index in [-0.39, 0.29) is 65.3 Å². The third-order valence-corrected chi connectivity index (χ3v) is 9.67. The summed E-state index contributed by atoms with van der Waals surface area (Å²) in [6.45, 7) is 11.6. The SMILES string of the molecule is BC1(B)Oc2ccnc(C(C)C)c2-n2c(=O)nc(N3C[C@@H](C)N(C(=O)C=C)C[C@@H]3C)c3cc(F)c(nc32)-c2c(F)ccc(F)c2OC1(B)B. The number of amides is 1. The predicted octanol–water partition coefficient (Wildman–Crippen LogP) is 0.606. The number of hydrogen-bond acceptors (Lipinski definition) is 8. The Kier molecular flexibility index (Phi) is 8.39. The highest BCUT2D eigenvalue weighted by atomic mass is 19.1. The molecule has 6 rings (SSSR count). The number of benzene rings is 1. The summed E-state index contributed by atoms with van der Waals surface area (Å²) >= 11 is 0. The van der Waals surface area contributed by atoms with Crippen molar-refractivity contribution in [2.75, 3.05) is 18.0 Å². The van der Waals surface area contributed by atoms with Crippen molar-refractivity contribution in [3.05, 3.63) is 76.7 Å². The zero-order chi connectivity index (χ0) is 35.7. The molecule has 1 fully saturated rings. The van der Waals surface area contributed by atoms with Crippen LogP contribution < -0.4 is 20.1 Å². The fourth-order valence-electron chi connectivity index (χ4n) is 6.36. The number of ether oxygens (including phenoxy) is 2. The van der Waals surface area contributed by atoms with Gasteiger partial charge in [-0.2, -0.15) is 4.98 Å². The van der Waals surface area contributed by atoms with Crippen LogP contribution in [0.25, 0.3) is 28.0 Å². The van der Waals surface area contributed by atoms with Crippen molar-refractivity contribution in [1.82, 2.24) is 24.4 Å². The van der Waals surface area contributed by atoms with Crippen molar-refractivity contribution < 1.29 is 27.4 Å². The molecular weight excluding hydrogens is 633 g/mol. The topological polar surface area (TPSA) is 103 Å². The normalized spacial score (nSPS) is 19.7. The van der Waals surface area contributed by atoms with E-state index in [1.807, 2.05) is 32.6 Å². The number of halogens is 3. The quantitative estimate of drug-likeness (QED) is 0.232. The van der Waals surface area contributed by atoms with Crippen LogP contribution in [0.3, 0.4) is 0 Å². The number of piperazine rings is 1. The van der Waals surface area contributed by atoms with Crippen LogP contribution >= 0.6 is 0 Å². The average Bonchev–Trinajstić information content (AvgIpc) is 3.03. The van der Waals surface area contributed by atoms with Gasteiger partial charge in [0.25, 0.3) is 0 Å². The van der Waals surface area contributed by atoms with Crippen molar-refractivity contribution in [1.29, 1.82) is 0 Å². The molecule has 1 saturated heterocycles. The Balaban J connectivity index is 1.76. The minimum Gasteiger partial charge on any atom is -0.501 e. The molecular formula is C32H35B4F3N6O4. The van der Waals surface area contributed by atoms with Gasteiger partial charge >= 0.3 is 5.69 Å². The van der Waals surface area contributed by atoms with Crippen LogP contribution in [0.4, 0.5) is 19.0 Å². The summed E-state index contributed by atoms with van der Waals surface area (Å²) in [4.78, 5) is 44.2. The number of hydrogen-bond donors (Lipinski definition) is 0. The van der Waals surface area contributed by atoms with Crippen molar-refractivity contribution in [2.45, 2.75) is 56.5 Å². The largest absolute Gasteiger partial charge is 0.501 e. The standard InChI is InChI=1S/C32H35B4F3N6O4/c1-6-22(46)43-12-16(5)44(13-15(43)4)28-17-11-20(39)25-23-18(37)7-8-19(38)27(23)49-32(35,36)31(33,34)48-21-9-10-40-24(14(2)3)26(21)45(29(17)41-25)30(47)42-28/h6-11,14-16H,1,12-13,33-36H2,2-5H3/t15-,16+/m1/s1. The van der Waals surface area contributed by atoms with Crippen molar-refractivity contribution in [2.24, 2.45) is 0 Å². The number of pyridine rings is 2. The van der Waals surface area contributed by atoms with Gasteiger partial charge in [0.1, 0.15) is 60.2 Å². The maximum atomic E-state index is 16.5. The highest BCUT2D eigenvalue weighted by molar-refractivity contribution is 6.53. The van der Waals surface area contributed by atoms with Gasteiger partial charge in [0.15, 0.2) is 23.0 Å². The molecule has 2 bridgehead atoms. The van der Waals surface area contributed by atoms with E-state index in [1.165, 1.54) is 10.6 Å². The smallest absolute Gasteiger partial charge is 0.356 e. The Morgan fingerprint density at radius 2 is 1.67 bits per heavy atom. The fraction of sp³-hybridized carbons (Fsp3) is 0.344. The molecule has 1 amide bonds. The molecule has 250 valence electrons. The van der Waals surface area contributed by atoms with Crippen LogP contribution in [0.2, 0.25) is 0 Å². The van der Waals surface area contributed by atoms with Crippen LogP contribution in [0.15, 0.2) is 47.9 Å². The van der Waals surface area contributed by atoms with Crippen LogP contribution in [-0.2, 0) is 4.79 Å². The molecule has 5 heterocycles. The molecule has 0 radical (unpaired) electrons. The Hall–Kier alpha value is -4.68. The first-order chi connectivity index (χ1) is 23.0. The number of anilines is 1. The van der Waals surface area contributed by atoms with Gasteiger partial charge in [-0.05, 0) is 44.0 Å². The van der Waals surface area contributed by atoms with Gasteiger partial charge in [0.05, 0.1) is 27.4 Å². The molecule has 3 aromatic heterocycles. The number of fused-ring (bicyclic) bond motifs is 5. The summed E-state index contributed by atoms with van der Waals surface area (Å²) in [6, 6.07) is 3.82. The van der Waals surface area contributed by atoms with Gasteiger partial charge in [-0.3, -0.25) is 9.78 Å². The first-order valence-corrected chi connectivity index (χ1v) is 16.2. The maximum Gasteiger partial charge on any atom is 0.356 e. The van der Waals surface area contributed by atoms with Gasteiger partial charge in [0.2, 0.25) is 5.91 Å². The van der Waals surface area contributed by atoms with Gasteiger partial charge in [-0.15, -0.1) is 0 Å². The number of aromatic nitrogens is 4. The third-order valence-electron chi connectivity index (χ3n) is 9.67. The summed E-state index contributed by atoms with van der Waals surface area (Å²) in [6.07, 6.45) is 2.80. The third kappa shape index (κ3) is 5.56. The molecule has 2 aliphatic heterocycles. The van der Waals surface area contributed by atoms with E-state index >= 15 is 13.2 Å². The van der Waals surface area contributed by atoms with Gasteiger partial charge in [-0.25, -0.2) is 27.5 Å². The highest BCUT2D eigenvalue weighted by Gasteiger charge is 2.43. The predicted molar refractivity (Wildman–Crippen MR) is 191 cm³/mol. The molecule has 0 aliphatic carbocycles. The number of carbonyl (C=O) groups excluding carboxylic acids is 1. The second kappa shape index (κ2) is 12.0. The lowest BCUT2D eigenvalue weighted by molar-refractivity contribution is -0.128. The van der Waals surface area contributed by atoms with Gasteiger partial charge in [0, 0.05) is 37.4 Å². The average molecular weight is 668 g/mol. The minimum absolute atomic E-state index is 0.0807. The molecule has 4 aromatic rings. The number of nitrogens with zero attached hydrogens (tertiary/aromatic N) is 6. The van der Waals surface area contributed by atoms with E-state index in [0.29, 0.717) is 5.69 Å². The molecule has 0 N–H and O–H groups in total. The van der Waals surface area contributed by atoms with E-state index < -0.39 is 50.9 Å². The molecule has 49 heavy (non-hydrogen) atoms. The first-order valence-electron chi connectivity index (χ1n) is 16.2. The fourth-order valence-corrected chi connectivity index (χ4v) is 6.36. The van der Waals surface area contributed by atoms with Crippen LogP contribution in [0.5, 0.6) is 11.5 Å². The summed E-state index contributed by atoms with van der Waals surface area (Å²) < 4.78 is 62.0. The Morgan fingerprint density at radius 3 is 2.35 bits per heavy atom. The molecule has 0 spiro atoms. The lowest BCUT2D eigenvalue weighted by atomic mass is 9.42. The summed E-state index contributed by atoms with van der Waals surface area (Å²) in [7, 11) is 6.71. The number of rotatable bonds is 3. The first kappa shape index (κ1) is 34.2.